The van der Waals surface area contributed by atoms with E-state index >= 15 is 0 Å². The van der Waals surface area contributed by atoms with Crippen LogP contribution in [0.15, 0.2) is 30.3 Å². The number of carbonyl (C=O) groups excluding carboxylic acids is 3. The van der Waals surface area contributed by atoms with Gasteiger partial charge in [-0.15, -0.1) is 11.3 Å². The highest BCUT2D eigenvalue weighted by molar-refractivity contribution is 7.18. The van der Waals surface area contributed by atoms with Gasteiger partial charge >= 0.3 is 6.18 Å². The minimum Gasteiger partial charge on any atom is -0.370 e. The predicted octanol–water partition coefficient (Wildman–Crippen LogP) is 3.77. The number of nitrogens with zero attached hydrogens (tertiary/aromatic N) is 2. The minimum absolute atomic E-state index is 0.0738. The van der Waals surface area contributed by atoms with E-state index in [0.29, 0.717) is 0 Å². The van der Waals surface area contributed by atoms with E-state index in [2.05, 4.69) is 10.6 Å². The highest BCUT2D eigenvalue weighted by Crippen LogP contribution is 2.25. The molecule has 0 spiro atoms. The lowest BCUT2D eigenvalue weighted by atomic mass is 10.2. The molecule has 0 saturated carbocycles. The van der Waals surface area contributed by atoms with Crippen LogP contribution in [0.25, 0.3) is 0 Å². The number of hydrogen-bond donors (Lipinski definition) is 2. The third-order valence-corrected chi connectivity index (χ3v) is 6.49. The van der Waals surface area contributed by atoms with E-state index in [9.17, 15) is 40.7 Å². The van der Waals surface area contributed by atoms with E-state index in [4.69, 9.17) is 16.3 Å². The molecule has 1 aromatic heterocycles. The Morgan fingerprint density at radius 2 is 1.95 bits per heavy atom. The van der Waals surface area contributed by atoms with E-state index < -0.39 is 67.5 Å². The average Bonchev–Trinajstić information content (AvgIpc) is 3.25. The van der Waals surface area contributed by atoms with E-state index in [-0.39, 0.29) is 39.6 Å². The second-order valence-corrected chi connectivity index (χ2v) is 9.73. The summed E-state index contributed by atoms with van der Waals surface area (Å²) >= 11 is 6.62. The molecule has 1 aliphatic rings. The number of hydrogen-bond acceptors (Lipinski definition) is 6. The number of halogens is 7. The molecule has 2 aromatic rings. The maximum Gasteiger partial charge on any atom is 0.401 e. The fourth-order valence-electron chi connectivity index (χ4n) is 3.59. The van der Waals surface area contributed by atoms with Crippen molar-refractivity contribution in [3.8, 4) is 0 Å². The number of carbonyl (C=O) groups is 3. The molecule has 8 nitrogen and oxygen atoms in total. The van der Waals surface area contributed by atoms with Crippen LogP contribution in [0.2, 0.25) is 4.34 Å². The van der Waals surface area contributed by atoms with Crippen molar-refractivity contribution in [2.75, 3.05) is 49.6 Å². The second-order valence-electron chi connectivity index (χ2n) is 8.02. The maximum absolute atomic E-state index is 14.8. The van der Waals surface area contributed by atoms with Crippen molar-refractivity contribution in [3.05, 3.63) is 45.4 Å². The third-order valence-electron chi connectivity index (χ3n) is 5.26. The highest BCUT2D eigenvalue weighted by Gasteiger charge is 2.38. The van der Waals surface area contributed by atoms with Crippen molar-refractivity contribution in [1.82, 2.24) is 10.2 Å². The minimum atomic E-state index is -4.96. The van der Waals surface area contributed by atoms with Crippen LogP contribution in [-0.2, 0) is 14.3 Å². The van der Waals surface area contributed by atoms with Crippen molar-refractivity contribution in [2.45, 2.75) is 18.6 Å². The molecule has 38 heavy (non-hydrogen) atoms. The van der Waals surface area contributed by atoms with Gasteiger partial charge in [0.05, 0.1) is 34.6 Å². The molecule has 16 heteroatoms. The molecule has 2 heterocycles. The van der Waals surface area contributed by atoms with Gasteiger partial charge in [-0.3, -0.25) is 19.3 Å². The van der Waals surface area contributed by atoms with E-state index in [1.807, 2.05) is 0 Å². The van der Waals surface area contributed by atoms with Crippen molar-refractivity contribution in [3.63, 3.8) is 0 Å². The average molecular weight is 587 g/mol. The van der Waals surface area contributed by atoms with Gasteiger partial charge in [-0.05, 0) is 30.3 Å². The number of ether oxygens (including phenoxy) is 1. The molecule has 3 rings (SSSR count). The Kier molecular flexibility index (Phi) is 9.98. The summed E-state index contributed by atoms with van der Waals surface area (Å²) in [7, 11) is 0. The van der Waals surface area contributed by atoms with Crippen LogP contribution in [0.5, 0.6) is 0 Å². The number of rotatable bonds is 10. The summed E-state index contributed by atoms with van der Waals surface area (Å²) in [6, 6.07) is 4.09. The normalized spacial score (nSPS) is 15.2. The Morgan fingerprint density at radius 3 is 2.53 bits per heavy atom. The Bertz CT molecular complexity index is 1170. The second kappa shape index (κ2) is 12.8. The van der Waals surface area contributed by atoms with Gasteiger partial charge in [0.15, 0.2) is 0 Å². The van der Waals surface area contributed by atoms with Gasteiger partial charge in [-0.25, -0.2) is 13.2 Å². The summed E-state index contributed by atoms with van der Waals surface area (Å²) in [6.07, 6.45) is -8.21. The Hall–Kier alpha value is -2.88. The topological polar surface area (TPSA) is 91.0 Å². The smallest absolute Gasteiger partial charge is 0.370 e. The van der Waals surface area contributed by atoms with Crippen LogP contribution in [0.3, 0.4) is 0 Å². The van der Waals surface area contributed by atoms with Gasteiger partial charge in [0.1, 0.15) is 18.5 Å². The highest BCUT2D eigenvalue weighted by atomic mass is 35.5. The molecule has 1 aliphatic heterocycles. The molecular weight excluding hydrogens is 566 g/mol. The maximum atomic E-state index is 14.8. The van der Waals surface area contributed by atoms with Crippen molar-refractivity contribution >= 4 is 52.0 Å². The summed E-state index contributed by atoms with van der Waals surface area (Å²) in [6.45, 7) is -3.97. The zero-order valence-electron chi connectivity index (χ0n) is 19.4. The molecule has 0 unspecified atom stereocenters. The third kappa shape index (κ3) is 8.31. The standard InChI is InChI=1S/C22H21ClF6N4O4S/c23-17-4-3-16(38-17)21(36)30-8-15(32(9-18(25)26)11-22(27,28)29)20(35)31-14-2-1-12(7-13(14)24)33-5-6-37-10-19(33)34/h1-4,7,15,18H,5-6,8-11H2,(H,30,36)(H,31,35)/t15-/m1/s1. The number of anilines is 2. The Balaban J connectivity index is 1.82. The lowest BCUT2D eigenvalue weighted by molar-refractivity contribution is -0.157. The van der Waals surface area contributed by atoms with Crippen LogP contribution in [-0.4, -0.2) is 80.7 Å². The van der Waals surface area contributed by atoms with Crippen molar-refractivity contribution in [2.24, 2.45) is 0 Å². The fraction of sp³-hybridized carbons (Fsp3) is 0.409. The molecule has 1 aromatic carbocycles. The number of amides is 3. The van der Waals surface area contributed by atoms with Gasteiger partial charge in [0.2, 0.25) is 5.91 Å². The van der Waals surface area contributed by atoms with Gasteiger partial charge < -0.3 is 20.3 Å². The lowest BCUT2D eigenvalue weighted by Gasteiger charge is -2.31. The number of thiophene rings is 1. The van der Waals surface area contributed by atoms with Gasteiger partial charge in [0.25, 0.3) is 18.2 Å². The van der Waals surface area contributed by atoms with Crippen LogP contribution in [0.1, 0.15) is 9.67 Å². The monoisotopic (exact) mass is 586 g/mol. The first-order chi connectivity index (χ1) is 17.8. The number of alkyl halides is 5. The first kappa shape index (κ1) is 29.7. The summed E-state index contributed by atoms with van der Waals surface area (Å²) in [5.41, 5.74) is -0.312. The summed E-state index contributed by atoms with van der Waals surface area (Å²) < 4.78 is 85.9. The van der Waals surface area contributed by atoms with Crippen LogP contribution in [0.4, 0.5) is 37.7 Å². The summed E-state index contributed by atoms with van der Waals surface area (Å²) in [5, 5.41) is 4.33. The van der Waals surface area contributed by atoms with Crippen LogP contribution >= 0.6 is 22.9 Å². The number of morpholine rings is 1. The first-order valence-corrected chi connectivity index (χ1v) is 12.1. The number of benzene rings is 1. The summed E-state index contributed by atoms with van der Waals surface area (Å²) in [5.74, 6) is -3.52. The SMILES string of the molecule is O=C(NC[C@H](C(=O)Nc1ccc(N2CCOCC2=O)cc1F)N(CC(F)F)CC(F)(F)F)c1ccc(Cl)s1. The predicted molar refractivity (Wildman–Crippen MR) is 127 cm³/mol. The molecule has 208 valence electrons. The van der Waals surface area contributed by atoms with Gasteiger partial charge in [-0.2, -0.15) is 13.2 Å². The van der Waals surface area contributed by atoms with Crippen molar-refractivity contribution < 1.29 is 45.5 Å². The van der Waals surface area contributed by atoms with E-state index in [1.54, 1.807) is 0 Å². The Morgan fingerprint density at radius 1 is 1.21 bits per heavy atom. The summed E-state index contributed by atoms with van der Waals surface area (Å²) in [4.78, 5) is 38.8. The van der Waals surface area contributed by atoms with Gasteiger partial charge in [0, 0.05) is 18.8 Å². The quantitative estimate of drug-likeness (QED) is 0.414. The molecule has 3 amide bonds. The molecule has 0 aliphatic carbocycles. The Labute approximate surface area is 221 Å². The van der Waals surface area contributed by atoms with E-state index in [1.165, 1.54) is 23.1 Å². The largest absolute Gasteiger partial charge is 0.401 e. The van der Waals surface area contributed by atoms with Crippen LogP contribution in [0, 0.1) is 5.82 Å². The molecule has 0 bridgehead atoms. The van der Waals surface area contributed by atoms with Crippen LogP contribution < -0.4 is 15.5 Å². The fourth-order valence-corrected chi connectivity index (χ4v) is 4.55. The molecule has 0 radical (unpaired) electrons. The first-order valence-electron chi connectivity index (χ1n) is 10.9. The van der Waals surface area contributed by atoms with Gasteiger partial charge in [-0.1, -0.05) is 11.6 Å². The van der Waals surface area contributed by atoms with E-state index in [0.717, 1.165) is 23.5 Å². The lowest BCUT2D eigenvalue weighted by Crippen LogP contribution is -2.54. The molecule has 1 fully saturated rings. The van der Waals surface area contributed by atoms with Crippen molar-refractivity contribution in [1.29, 1.82) is 0 Å². The molecular formula is C22H21ClF6N4O4S. The molecule has 2 N–H and O–H groups in total. The zero-order valence-corrected chi connectivity index (χ0v) is 20.9. The number of nitrogens with one attached hydrogen (secondary N) is 2. The molecule has 1 saturated heterocycles. The molecule has 1 atom stereocenters. The zero-order chi connectivity index (χ0) is 28.0.